The van der Waals surface area contributed by atoms with Crippen LogP contribution in [0.1, 0.15) is 5.01 Å². The highest BCUT2D eigenvalue weighted by molar-refractivity contribution is 7.09. The monoisotopic (exact) mass is 173 g/mol. The number of rotatable bonds is 5. The molecular formula is C7H13N2OS+. The molecule has 0 bridgehead atoms. The van der Waals surface area contributed by atoms with E-state index < -0.39 is 0 Å². The third-order valence-corrected chi connectivity index (χ3v) is 2.13. The highest BCUT2D eigenvalue weighted by Crippen LogP contribution is 1.99. The number of ether oxygens (including phenoxy) is 1. The SMILES string of the molecule is COCC[NH2+]Cc1nccs1. The molecular weight excluding hydrogens is 160 g/mol. The Morgan fingerprint density at radius 1 is 1.73 bits per heavy atom. The van der Waals surface area contributed by atoms with E-state index in [0.29, 0.717) is 0 Å². The predicted molar refractivity (Wildman–Crippen MR) is 44.5 cm³/mol. The summed E-state index contributed by atoms with van der Waals surface area (Å²) in [6, 6.07) is 0. The van der Waals surface area contributed by atoms with Crippen LogP contribution >= 0.6 is 11.3 Å². The number of nitrogens with zero attached hydrogens (tertiary/aromatic N) is 1. The van der Waals surface area contributed by atoms with E-state index in [9.17, 15) is 0 Å². The molecule has 0 aliphatic carbocycles. The quantitative estimate of drug-likeness (QED) is 0.629. The van der Waals surface area contributed by atoms with Gasteiger partial charge in [0.2, 0.25) is 0 Å². The Morgan fingerprint density at radius 2 is 2.64 bits per heavy atom. The zero-order valence-electron chi connectivity index (χ0n) is 6.62. The number of quaternary nitrogens is 1. The van der Waals surface area contributed by atoms with Crippen molar-refractivity contribution in [2.24, 2.45) is 0 Å². The first-order chi connectivity index (χ1) is 5.43. The Kier molecular flexibility index (Phi) is 4.11. The molecule has 0 fully saturated rings. The van der Waals surface area contributed by atoms with Gasteiger partial charge in [0.25, 0.3) is 0 Å². The minimum Gasteiger partial charge on any atom is -0.379 e. The largest absolute Gasteiger partial charge is 0.379 e. The van der Waals surface area contributed by atoms with Gasteiger partial charge >= 0.3 is 0 Å². The van der Waals surface area contributed by atoms with Crippen LogP contribution in [0, 0.1) is 0 Å². The molecule has 1 rings (SSSR count). The summed E-state index contributed by atoms with van der Waals surface area (Å²) >= 11 is 1.70. The van der Waals surface area contributed by atoms with Gasteiger partial charge in [0.05, 0.1) is 13.2 Å². The summed E-state index contributed by atoms with van der Waals surface area (Å²) < 4.78 is 4.91. The summed E-state index contributed by atoms with van der Waals surface area (Å²) in [4.78, 5) is 4.16. The lowest BCUT2D eigenvalue weighted by atomic mass is 10.6. The van der Waals surface area contributed by atoms with Crippen molar-refractivity contribution in [3.8, 4) is 0 Å². The van der Waals surface area contributed by atoms with E-state index in [4.69, 9.17) is 4.74 Å². The molecule has 0 aliphatic rings. The molecule has 0 aliphatic heterocycles. The van der Waals surface area contributed by atoms with Gasteiger partial charge in [-0.2, -0.15) is 0 Å². The predicted octanol–water partition coefficient (Wildman–Crippen LogP) is -0.147. The first kappa shape index (κ1) is 8.64. The maximum atomic E-state index is 4.91. The van der Waals surface area contributed by atoms with Gasteiger partial charge in [0.15, 0.2) is 0 Å². The van der Waals surface area contributed by atoms with E-state index in [1.807, 2.05) is 11.6 Å². The van der Waals surface area contributed by atoms with Crippen molar-refractivity contribution in [2.75, 3.05) is 20.3 Å². The smallest absolute Gasteiger partial charge is 0.147 e. The fraction of sp³-hybridized carbons (Fsp3) is 0.571. The molecule has 0 atom stereocenters. The van der Waals surface area contributed by atoms with Gasteiger partial charge in [-0.05, 0) is 0 Å². The minimum absolute atomic E-state index is 0.811. The van der Waals surface area contributed by atoms with E-state index in [0.717, 1.165) is 19.7 Å². The lowest BCUT2D eigenvalue weighted by Gasteiger charge is -1.96. The standard InChI is InChI=1S/C7H12N2OS/c1-10-4-2-8-6-7-9-3-5-11-7/h3,5,8H,2,4,6H2,1H3/p+1. The highest BCUT2D eigenvalue weighted by atomic mass is 32.1. The molecule has 0 radical (unpaired) electrons. The van der Waals surface area contributed by atoms with E-state index in [1.165, 1.54) is 5.01 Å². The molecule has 0 saturated heterocycles. The van der Waals surface area contributed by atoms with Crippen LogP contribution in [-0.4, -0.2) is 25.2 Å². The van der Waals surface area contributed by atoms with Gasteiger partial charge in [0, 0.05) is 18.7 Å². The van der Waals surface area contributed by atoms with E-state index in [-0.39, 0.29) is 0 Å². The molecule has 4 heteroatoms. The normalized spacial score (nSPS) is 10.3. The Morgan fingerprint density at radius 3 is 3.27 bits per heavy atom. The van der Waals surface area contributed by atoms with Gasteiger partial charge in [-0.15, -0.1) is 11.3 Å². The summed E-state index contributed by atoms with van der Waals surface area (Å²) in [7, 11) is 1.72. The highest BCUT2D eigenvalue weighted by Gasteiger charge is 1.95. The van der Waals surface area contributed by atoms with Crippen LogP contribution in [0.3, 0.4) is 0 Å². The fourth-order valence-corrected chi connectivity index (χ4v) is 1.40. The van der Waals surface area contributed by atoms with E-state index in [1.54, 1.807) is 18.4 Å². The number of aromatic nitrogens is 1. The van der Waals surface area contributed by atoms with Crippen LogP contribution in [0.2, 0.25) is 0 Å². The minimum atomic E-state index is 0.811. The number of nitrogens with two attached hydrogens (primary N) is 1. The first-order valence-corrected chi connectivity index (χ1v) is 4.50. The zero-order chi connectivity index (χ0) is 7.94. The number of methoxy groups -OCH3 is 1. The number of thiazole rings is 1. The van der Waals surface area contributed by atoms with Crippen LogP contribution in [0.15, 0.2) is 11.6 Å². The maximum absolute atomic E-state index is 4.91. The topological polar surface area (TPSA) is 38.7 Å². The second-order valence-electron chi connectivity index (χ2n) is 2.20. The molecule has 3 nitrogen and oxygen atoms in total. The Balaban J connectivity index is 2.04. The van der Waals surface area contributed by atoms with Crippen molar-refractivity contribution in [1.29, 1.82) is 0 Å². The zero-order valence-corrected chi connectivity index (χ0v) is 7.43. The number of hydrogen-bond acceptors (Lipinski definition) is 3. The van der Waals surface area contributed by atoms with E-state index in [2.05, 4.69) is 10.3 Å². The van der Waals surface area contributed by atoms with Crippen LogP contribution in [0.4, 0.5) is 0 Å². The van der Waals surface area contributed by atoms with Gasteiger partial charge < -0.3 is 10.1 Å². The van der Waals surface area contributed by atoms with E-state index >= 15 is 0 Å². The Bertz CT molecular complexity index is 177. The van der Waals surface area contributed by atoms with Gasteiger partial charge in [0.1, 0.15) is 11.6 Å². The molecule has 62 valence electrons. The third kappa shape index (κ3) is 3.46. The lowest BCUT2D eigenvalue weighted by Crippen LogP contribution is -2.83. The fourth-order valence-electron chi connectivity index (χ4n) is 0.781. The van der Waals surface area contributed by atoms with Crippen LogP contribution in [0.5, 0.6) is 0 Å². The van der Waals surface area contributed by atoms with Crippen molar-refractivity contribution in [2.45, 2.75) is 6.54 Å². The average Bonchev–Trinajstić information content (AvgIpc) is 2.50. The molecule has 0 saturated carbocycles. The molecule has 1 aromatic rings. The van der Waals surface area contributed by atoms with Crippen molar-refractivity contribution < 1.29 is 10.1 Å². The first-order valence-electron chi connectivity index (χ1n) is 3.62. The summed E-state index contributed by atoms with van der Waals surface area (Å²) in [6.45, 7) is 2.79. The molecule has 0 unspecified atom stereocenters. The van der Waals surface area contributed by atoms with Gasteiger partial charge in [-0.1, -0.05) is 0 Å². The summed E-state index contributed by atoms with van der Waals surface area (Å²) in [6.07, 6.45) is 1.84. The van der Waals surface area contributed by atoms with Crippen molar-refractivity contribution >= 4 is 11.3 Å². The van der Waals surface area contributed by atoms with Gasteiger partial charge in [-0.3, -0.25) is 0 Å². The summed E-state index contributed by atoms with van der Waals surface area (Å²) in [5.41, 5.74) is 0. The summed E-state index contributed by atoms with van der Waals surface area (Å²) in [5.74, 6) is 0. The second-order valence-corrected chi connectivity index (χ2v) is 3.18. The summed E-state index contributed by atoms with van der Waals surface area (Å²) in [5, 5.41) is 5.38. The second kappa shape index (κ2) is 5.23. The number of hydrogen-bond donors (Lipinski definition) is 1. The van der Waals surface area contributed by atoms with Crippen LogP contribution in [0.25, 0.3) is 0 Å². The maximum Gasteiger partial charge on any atom is 0.147 e. The van der Waals surface area contributed by atoms with Gasteiger partial charge in [-0.25, -0.2) is 4.98 Å². The van der Waals surface area contributed by atoms with Crippen molar-refractivity contribution in [3.63, 3.8) is 0 Å². The third-order valence-electron chi connectivity index (χ3n) is 1.33. The van der Waals surface area contributed by atoms with Crippen molar-refractivity contribution in [1.82, 2.24) is 4.98 Å². The molecule has 1 aromatic heterocycles. The molecule has 11 heavy (non-hydrogen) atoms. The Labute approximate surface area is 70.4 Å². The Hall–Kier alpha value is -0.450. The van der Waals surface area contributed by atoms with Crippen LogP contribution < -0.4 is 5.32 Å². The molecule has 0 spiro atoms. The van der Waals surface area contributed by atoms with Crippen molar-refractivity contribution in [3.05, 3.63) is 16.6 Å². The molecule has 0 aromatic carbocycles. The average molecular weight is 173 g/mol. The van der Waals surface area contributed by atoms with Crippen LogP contribution in [-0.2, 0) is 11.3 Å². The molecule has 1 heterocycles. The molecule has 2 N–H and O–H groups in total. The molecule has 0 amide bonds. The lowest BCUT2D eigenvalue weighted by molar-refractivity contribution is -0.671.